The first-order valence-electron chi connectivity index (χ1n) is 5.59. The van der Waals surface area contributed by atoms with Crippen molar-refractivity contribution in [3.05, 3.63) is 40.4 Å². The van der Waals surface area contributed by atoms with E-state index in [1.807, 2.05) is 10.6 Å². The van der Waals surface area contributed by atoms with E-state index in [0.29, 0.717) is 5.92 Å². The molecule has 1 aromatic heterocycles. The van der Waals surface area contributed by atoms with Crippen LogP contribution in [0.1, 0.15) is 34.9 Å². The Morgan fingerprint density at radius 1 is 1.39 bits per heavy atom. The van der Waals surface area contributed by atoms with Gasteiger partial charge in [0, 0.05) is 10.4 Å². The SMILES string of the molecule is O=C(O)c1cc(Br)cc(-n2cnnc2C2CC2)c1. The number of aromatic nitrogens is 3. The Bertz CT molecular complexity index is 620. The molecule has 1 aromatic carbocycles. The molecule has 1 fully saturated rings. The first kappa shape index (κ1) is 11.4. The van der Waals surface area contributed by atoms with Crippen LogP contribution in [0.15, 0.2) is 29.0 Å². The first-order valence-corrected chi connectivity index (χ1v) is 6.38. The average Bonchev–Trinajstić information content (AvgIpc) is 3.06. The Labute approximate surface area is 112 Å². The zero-order valence-electron chi connectivity index (χ0n) is 9.38. The quantitative estimate of drug-likeness (QED) is 0.946. The lowest BCUT2D eigenvalue weighted by Crippen LogP contribution is -2.02. The van der Waals surface area contributed by atoms with E-state index in [4.69, 9.17) is 5.11 Å². The zero-order chi connectivity index (χ0) is 12.7. The highest BCUT2D eigenvalue weighted by atomic mass is 79.9. The molecule has 6 heteroatoms. The Morgan fingerprint density at radius 2 is 2.17 bits per heavy atom. The largest absolute Gasteiger partial charge is 0.478 e. The molecule has 1 heterocycles. The van der Waals surface area contributed by atoms with Gasteiger partial charge in [0.05, 0.1) is 11.3 Å². The number of hydrogen-bond acceptors (Lipinski definition) is 3. The van der Waals surface area contributed by atoms with Crippen LogP contribution in [0.3, 0.4) is 0 Å². The van der Waals surface area contributed by atoms with Crippen LogP contribution in [-0.2, 0) is 0 Å². The molecule has 92 valence electrons. The third-order valence-electron chi connectivity index (χ3n) is 2.92. The molecule has 18 heavy (non-hydrogen) atoms. The number of nitrogens with zero attached hydrogens (tertiary/aromatic N) is 3. The first-order chi connectivity index (χ1) is 8.65. The maximum absolute atomic E-state index is 11.0. The molecule has 1 aliphatic rings. The minimum Gasteiger partial charge on any atom is -0.478 e. The van der Waals surface area contributed by atoms with E-state index in [-0.39, 0.29) is 5.56 Å². The van der Waals surface area contributed by atoms with Gasteiger partial charge in [0.15, 0.2) is 0 Å². The van der Waals surface area contributed by atoms with Crippen LogP contribution in [0.2, 0.25) is 0 Å². The number of carbonyl (C=O) groups is 1. The summed E-state index contributed by atoms with van der Waals surface area (Å²) in [7, 11) is 0. The van der Waals surface area contributed by atoms with Crippen LogP contribution in [0.4, 0.5) is 0 Å². The molecule has 0 saturated heterocycles. The molecule has 0 unspecified atom stereocenters. The van der Waals surface area contributed by atoms with Gasteiger partial charge in [-0.25, -0.2) is 4.79 Å². The summed E-state index contributed by atoms with van der Waals surface area (Å²) in [5.41, 5.74) is 1.02. The number of rotatable bonds is 3. The lowest BCUT2D eigenvalue weighted by atomic mass is 10.2. The van der Waals surface area contributed by atoms with Crippen LogP contribution in [0.5, 0.6) is 0 Å². The minimum absolute atomic E-state index is 0.245. The summed E-state index contributed by atoms with van der Waals surface area (Å²) in [5.74, 6) is 0.419. The Hall–Kier alpha value is -1.69. The van der Waals surface area contributed by atoms with Crippen LogP contribution in [0.25, 0.3) is 5.69 Å². The van der Waals surface area contributed by atoms with Crippen molar-refractivity contribution in [2.45, 2.75) is 18.8 Å². The van der Waals surface area contributed by atoms with Gasteiger partial charge in [0.1, 0.15) is 12.2 Å². The predicted molar refractivity (Wildman–Crippen MR) is 68.0 cm³/mol. The van der Waals surface area contributed by atoms with Gasteiger partial charge >= 0.3 is 5.97 Å². The van der Waals surface area contributed by atoms with Crippen molar-refractivity contribution >= 4 is 21.9 Å². The van der Waals surface area contributed by atoms with Gasteiger partial charge in [-0.05, 0) is 31.0 Å². The summed E-state index contributed by atoms with van der Waals surface area (Å²) in [6.45, 7) is 0. The van der Waals surface area contributed by atoms with Crippen molar-refractivity contribution in [3.63, 3.8) is 0 Å². The van der Waals surface area contributed by atoms with Gasteiger partial charge in [-0.1, -0.05) is 15.9 Å². The molecule has 3 rings (SSSR count). The summed E-state index contributed by atoms with van der Waals surface area (Å²) >= 11 is 3.33. The summed E-state index contributed by atoms with van der Waals surface area (Å²) in [6, 6.07) is 5.07. The van der Waals surface area contributed by atoms with Gasteiger partial charge in [0.25, 0.3) is 0 Å². The standard InChI is InChI=1S/C12H10BrN3O2/c13-9-3-8(12(17)18)4-10(5-9)16-6-14-15-11(16)7-1-2-7/h3-7H,1-2H2,(H,17,18). The van der Waals surface area contributed by atoms with Gasteiger partial charge in [-0.3, -0.25) is 4.57 Å². The second kappa shape index (κ2) is 4.20. The van der Waals surface area contributed by atoms with Crippen molar-refractivity contribution in [3.8, 4) is 5.69 Å². The lowest BCUT2D eigenvalue weighted by Gasteiger charge is -2.07. The molecule has 5 nitrogen and oxygen atoms in total. The van der Waals surface area contributed by atoms with E-state index in [1.165, 1.54) is 0 Å². The van der Waals surface area contributed by atoms with E-state index in [2.05, 4.69) is 26.1 Å². The second-order valence-corrected chi connectivity index (χ2v) is 5.25. The molecule has 1 aliphatic carbocycles. The molecule has 2 aromatic rings. The third-order valence-corrected chi connectivity index (χ3v) is 3.38. The van der Waals surface area contributed by atoms with Gasteiger partial charge < -0.3 is 5.11 Å². The Kier molecular flexibility index (Phi) is 2.66. The van der Waals surface area contributed by atoms with Crippen molar-refractivity contribution in [1.29, 1.82) is 0 Å². The highest BCUT2D eigenvalue weighted by molar-refractivity contribution is 9.10. The van der Waals surface area contributed by atoms with Gasteiger partial charge in [-0.15, -0.1) is 10.2 Å². The highest BCUT2D eigenvalue weighted by Gasteiger charge is 2.29. The van der Waals surface area contributed by atoms with Crippen molar-refractivity contribution in [2.24, 2.45) is 0 Å². The number of carboxylic acids is 1. The van der Waals surface area contributed by atoms with Crippen molar-refractivity contribution in [2.75, 3.05) is 0 Å². The monoisotopic (exact) mass is 307 g/mol. The fraction of sp³-hybridized carbons (Fsp3) is 0.250. The number of hydrogen-bond donors (Lipinski definition) is 1. The third kappa shape index (κ3) is 2.03. The molecule has 0 bridgehead atoms. The zero-order valence-corrected chi connectivity index (χ0v) is 11.0. The Balaban J connectivity index is 2.10. The molecular formula is C12H10BrN3O2. The summed E-state index contributed by atoms with van der Waals surface area (Å²) < 4.78 is 2.59. The minimum atomic E-state index is -0.946. The smallest absolute Gasteiger partial charge is 0.335 e. The molecule has 0 spiro atoms. The number of benzene rings is 1. The molecule has 1 N–H and O–H groups in total. The summed E-state index contributed by atoms with van der Waals surface area (Å²) in [6.07, 6.45) is 3.87. The molecular weight excluding hydrogens is 298 g/mol. The van der Waals surface area contributed by atoms with E-state index in [1.54, 1.807) is 18.5 Å². The second-order valence-electron chi connectivity index (χ2n) is 4.34. The van der Waals surface area contributed by atoms with Gasteiger partial charge in [-0.2, -0.15) is 0 Å². The Morgan fingerprint density at radius 3 is 2.83 bits per heavy atom. The van der Waals surface area contributed by atoms with E-state index in [0.717, 1.165) is 28.8 Å². The summed E-state index contributed by atoms with van der Waals surface area (Å²) in [5, 5.41) is 17.1. The number of carboxylic acid groups (broad SMARTS) is 1. The number of halogens is 1. The van der Waals surface area contributed by atoms with Gasteiger partial charge in [0.2, 0.25) is 0 Å². The molecule has 0 aliphatic heterocycles. The van der Waals surface area contributed by atoms with E-state index in [9.17, 15) is 4.79 Å². The van der Waals surface area contributed by atoms with Crippen LogP contribution < -0.4 is 0 Å². The normalized spacial score (nSPS) is 14.7. The lowest BCUT2D eigenvalue weighted by molar-refractivity contribution is 0.0697. The van der Waals surface area contributed by atoms with E-state index < -0.39 is 5.97 Å². The molecule has 0 amide bonds. The average molecular weight is 308 g/mol. The predicted octanol–water partition coefficient (Wildman–Crippen LogP) is 2.61. The maximum Gasteiger partial charge on any atom is 0.335 e. The van der Waals surface area contributed by atoms with Crippen LogP contribution in [0, 0.1) is 0 Å². The molecule has 0 radical (unpaired) electrons. The van der Waals surface area contributed by atoms with Crippen molar-refractivity contribution < 1.29 is 9.90 Å². The van der Waals surface area contributed by atoms with E-state index >= 15 is 0 Å². The van der Waals surface area contributed by atoms with Crippen molar-refractivity contribution in [1.82, 2.24) is 14.8 Å². The molecule has 0 atom stereocenters. The topological polar surface area (TPSA) is 68.0 Å². The van der Waals surface area contributed by atoms with Crippen LogP contribution in [-0.4, -0.2) is 25.8 Å². The number of aromatic carboxylic acids is 1. The molecule has 1 saturated carbocycles. The fourth-order valence-electron chi connectivity index (χ4n) is 1.90. The fourth-order valence-corrected chi connectivity index (χ4v) is 2.38. The van der Waals surface area contributed by atoms with Crippen LogP contribution >= 0.6 is 15.9 Å². The summed E-state index contributed by atoms with van der Waals surface area (Å²) in [4.78, 5) is 11.0. The maximum atomic E-state index is 11.0. The highest BCUT2D eigenvalue weighted by Crippen LogP contribution is 2.39.